The third-order valence-electron chi connectivity index (χ3n) is 4.17. The molecule has 19 heavy (non-hydrogen) atoms. The number of benzene rings is 1. The maximum atomic E-state index is 9.86. The Morgan fingerprint density at radius 3 is 2.58 bits per heavy atom. The van der Waals surface area contributed by atoms with Crippen LogP contribution in [0.2, 0.25) is 0 Å². The number of anilines is 1. The molecule has 0 saturated carbocycles. The first-order valence-corrected chi connectivity index (χ1v) is 7.24. The quantitative estimate of drug-likeness (QED) is 0.903. The highest BCUT2D eigenvalue weighted by Gasteiger charge is 2.19. The van der Waals surface area contributed by atoms with Gasteiger partial charge in [0.15, 0.2) is 0 Å². The Bertz CT molecular complexity index is 397. The van der Waals surface area contributed by atoms with Gasteiger partial charge in [0.25, 0.3) is 0 Å². The van der Waals surface area contributed by atoms with Gasteiger partial charge in [-0.2, -0.15) is 0 Å². The van der Waals surface area contributed by atoms with Crippen molar-refractivity contribution in [2.24, 2.45) is 5.92 Å². The van der Waals surface area contributed by atoms with Crippen LogP contribution < -0.4 is 4.90 Å². The van der Waals surface area contributed by atoms with E-state index in [0.717, 1.165) is 23.7 Å². The van der Waals surface area contributed by atoms with Crippen molar-refractivity contribution in [2.75, 3.05) is 38.6 Å². The second kappa shape index (κ2) is 6.40. The zero-order valence-corrected chi connectivity index (χ0v) is 12.3. The van der Waals surface area contributed by atoms with Gasteiger partial charge >= 0.3 is 0 Å². The first-order valence-electron chi connectivity index (χ1n) is 7.24. The Balaban J connectivity index is 2.01. The second-order valence-corrected chi connectivity index (χ2v) is 5.86. The fraction of sp³-hybridized carbons (Fsp3) is 0.625. The third kappa shape index (κ3) is 3.71. The van der Waals surface area contributed by atoms with E-state index >= 15 is 0 Å². The SMILES string of the molecule is C[C@@H](O)c1ccccc1N(C)CC1CCN(C)CC1. The highest BCUT2D eigenvalue weighted by molar-refractivity contribution is 5.53. The Kier molecular flexibility index (Phi) is 4.83. The molecule has 0 aliphatic carbocycles. The lowest BCUT2D eigenvalue weighted by Crippen LogP contribution is -2.36. The van der Waals surface area contributed by atoms with Crippen molar-refractivity contribution in [1.29, 1.82) is 0 Å². The lowest BCUT2D eigenvalue weighted by molar-refractivity contribution is 0.199. The molecule has 2 rings (SSSR count). The molecule has 1 N–H and O–H groups in total. The summed E-state index contributed by atoms with van der Waals surface area (Å²) in [5.41, 5.74) is 2.19. The van der Waals surface area contributed by atoms with E-state index in [0.29, 0.717) is 0 Å². The summed E-state index contributed by atoms with van der Waals surface area (Å²) in [5, 5.41) is 9.86. The van der Waals surface area contributed by atoms with Gasteiger partial charge in [-0.15, -0.1) is 0 Å². The minimum Gasteiger partial charge on any atom is -0.389 e. The van der Waals surface area contributed by atoms with Gasteiger partial charge in [0.2, 0.25) is 0 Å². The Hall–Kier alpha value is -1.06. The van der Waals surface area contributed by atoms with Crippen LogP contribution in [-0.2, 0) is 0 Å². The molecule has 1 aromatic rings. The third-order valence-corrected chi connectivity index (χ3v) is 4.17. The van der Waals surface area contributed by atoms with E-state index in [1.807, 2.05) is 25.1 Å². The molecule has 0 unspecified atom stereocenters. The van der Waals surface area contributed by atoms with Gasteiger partial charge < -0.3 is 14.9 Å². The average molecular weight is 262 g/mol. The maximum absolute atomic E-state index is 9.86. The number of hydrogen-bond acceptors (Lipinski definition) is 3. The van der Waals surface area contributed by atoms with E-state index in [2.05, 4.69) is 30.0 Å². The molecule has 1 aliphatic heterocycles. The zero-order valence-electron chi connectivity index (χ0n) is 12.3. The molecular formula is C16H26N2O. The number of likely N-dealkylation sites (tertiary alicyclic amines) is 1. The van der Waals surface area contributed by atoms with Crippen molar-refractivity contribution in [3.8, 4) is 0 Å². The van der Waals surface area contributed by atoms with Crippen LogP contribution in [0.25, 0.3) is 0 Å². The number of hydrogen-bond donors (Lipinski definition) is 1. The monoisotopic (exact) mass is 262 g/mol. The predicted octanol–water partition coefficient (Wildman–Crippen LogP) is 2.52. The molecule has 0 aromatic heterocycles. The normalized spacial score (nSPS) is 19.4. The highest BCUT2D eigenvalue weighted by atomic mass is 16.3. The number of nitrogens with zero attached hydrogens (tertiary/aromatic N) is 2. The summed E-state index contributed by atoms with van der Waals surface area (Å²) in [7, 11) is 4.34. The van der Waals surface area contributed by atoms with E-state index in [1.165, 1.54) is 25.9 Å². The minimum atomic E-state index is -0.406. The van der Waals surface area contributed by atoms with Crippen molar-refractivity contribution < 1.29 is 5.11 Å². The summed E-state index contributed by atoms with van der Waals surface area (Å²) in [6.07, 6.45) is 2.14. The smallest absolute Gasteiger partial charge is 0.0781 e. The van der Waals surface area contributed by atoms with Crippen LogP contribution in [0.4, 0.5) is 5.69 Å². The Morgan fingerprint density at radius 1 is 1.32 bits per heavy atom. The van der Waals surface area contributed by atoms with Crippen LogP contribution in [0.5, 0.6) is 0 Å². The number of aliphatic hydroxyl groups is 1. The van der Waals surface area contributed by atoms with Crippen molar-refractivity contribution in [1.82, 2.24) is 4.90 Å². The molecule has 1 atom stereocenters. The second-order valence-electron chi connectivity index (χ2n) is 5.86. The molecule has 106 valence electrons. The predicted molar refractivity (Wildman–Crippen MR) is 80.6 cm³/mol. The van der Waals surface area contributed by atoms with Gasteiger partial charge in [0.1, 0.15) is 0 Å². The van der Waals surface area contributed by atoms with Crippen molar-refractivity contribution in [3.05, 3.63) is 29.8 Å². The molecule has 1 saturated heterocycles. The molecule has 0 radical (unpaired) electrons. The van der Waals surface area contributed by atoms with Crippen LogP contribution in [0, 0.1) is 5.92 Å². The summed E-state index contributed by atoms with van der Waals surface area (Å²) >= 11 is 0. The number of aliphatic hydroxyl groups excluding tert-OH is 1. The Morgan fingerprint density at radius 2 is 1.95 bits per heavy atom. The van der Waals surface area contributed by atoms with E-state index in [1.54, 1.807) is 0 Å². The fourth-order valence-electron chi connectivity index (χ4n) is 2.92. The van der Waals surface area contributed by atoms with Crippen molar-refractivity contribution in [3.63, 3.8) is 0 Å². The molecule has 3 nitrogen and oxygen atoms in total. The van der Waals surface area contributed by atoms with Crippen LogP contribution in [0.15, 0.2) is 24.3 Å². The molecule has 3 heteroatoms. The van der Waals surface area contributed by atoms with Gasteiger partial charge in [-0.3, -0.25) is 0 Å². The molecule has 1 aromatic carbocycles. The van der Waals surface area contributed by atoms with Gasteiger partial charge in [-0.05, 0) is 51.9 Å². The number of piperidine rings is 1. The molecule has 0 spiro atoms. The van der Waals surface area contributed by atoms with E-state index < -0.39 is 6.10 Å². The van der Waals surface area contributed by atoms with Gasteiger partial charge in [-0.1, -0.05) is 18.2 Å². The topological polar surface area (TPSA) is 26.7 Å². The van der Waals surface area contributed by atoms with Crippen LogP contribution in [0.1, 0.15) is 31.4 Å². The number of para-hydroxylation sites is 1. The summed E-state index contributed by atoms with van der Waals surface area (Å²) in [6.45, 7) is 5.33. The van der Waals surface area contributed by atoms with Gasteiger partial charge in [0.05, 0.1) is 6.10 Å². The summed E-state index contributed by atoms with van der Waals surface area (Å²) in [4.78, 5) is 4.71. The van der Waals surface area contributed by atoms with Crippen molar-refractivity contribution in [2.45, 2.75) is 25.9 Å². The maximum Gasteiger partial charge on any atom is 0.0781 e. The van der Waals surface area contributed by atoms with E-state index in [-0.39, 0.29) is 0 Å². The largest absolute Gasteiger partial charge is 0.389 e. The summed E-state index contributed by atoms with van der Waals surface area (Å²) < 4.78 is 0. The minimum absolute atomic E-state index is 0.406. The van der Waals surface area contributed by atoms with Crippen LogP contribution in [0.3, 0.4) is 0 Å². The highest BCUT2D eigenvalue weighted by Crippen LogP contribution is 2.27. The molecular weight excluding hydrogens is 236 g/mol. The molecule has 0 amide bonds. The molecule has 0 bridgehead atoms. The molecule has 1 aliphatic rings. The lowest BCUT2D eigenvalue weighted by Gasteiger charge is -2.33. The molecule has 1 fully saturated rings. The lowest BCUT2D eigenvalue weighted by atomic mass is 9.96. The zero-order chi connectivity index (χ0) is 13.8. The Labute approximate surface area is 116 Å². The standard InChI is InChI=1S/C16H26N2O/c1-13(19)15-6-4-5-7-16(15)18(3)12-14-8-10-17(2)11-9-14/h4-7,13-14,19H,8-12H2,1-3H3/t13-/m1/s1. The van der Waals surface area contributed by atoms with E-state index in [9.17, 15) is 5.11 Å². The number of rotatable bonds is 4. The van der Waals surface area contributed by atoms with Crippen LogP contribution in [-0.4, -0.2) is 43.7 Å². The van der Waals surface area contributed by atoms with Crippen LogP contribution >= 0.6 is 0 Å². The average Bonchev–Trinajstić information content (AvgIpc) is 2.41. The summed E-state index contributed by atoms with van der Waals surface area (Å²) in [6, 6.07) is 8.17. The van der Waals surface area contributed by atoms with Gasteiger partial charge in [0, 0.05) is 24.8 Å². The first-order chi connectivity index (χ1) is 9.08. The molecule has 1 heterocycles. The fourth-order valence-corrected chi connectivity index (χ4v) is 2.92. The first kappa shape index (κ1) is 14.4. The van der Waals surface area contributed by atoms with E-state index in [4.69, 9.17) is 0 Å². The van der Waals surface area contributed by atoms with Gasteiger partial charge in [-0.25, -0.2) is 0 Å². The van der Waals surface area contributed by atoms with Crippen molar-refractivity contribution >= 4 is 5.69 Å². The summed E-state index contributed by atoms with van der Waals surface area (Å²) in [5.74, 6) is 0.767.